The summed E-state index contributed by atoms with van der Waals surface area (Å²) in [6, 6.07) is 12.3. The van der Waals surface area contributed by atoms with E-state index in [1.54, 1.807) is 43.3 Å². The van der Waals surface area contributed by atoms with E-state index in [0.29, 0.717) is 16.9 Å². The Bertz CT molecular complexity index is 1330. The molecule has 1 N–H and O–H groups in total. The van der Waals surface area contributed by atoms with Gasteiger partial charge in [-0.05, 0) is 68.3 Å². The van der Waals surface area contributed by atoms with Crippen molar-refractivity contribution in [1.82, 2.24) is 9.88 Å². The number of rotatable bonds is 3. The highest BCUT2D eigenvalue weighted by molar-refractivity contribution is 6.39. The summed E-state index contributed by atoms with van der Waals surface area (Å²) in [7, 11) is 0. The molecule has 1 saturated heterocycles. The fraction of sp³-hybridized carbons (Fsp3) is 0.125. The molecule has 0 spiro atoms. The Labute approximate surface area is 188 Å². The lowest BCUT2D eigenvalue weighted by Crippen LogP contribution is -2.54. The van der Waals surface area contributed by atoms with Crippen LogP contribution < -0.4 is 10.2 Å². The highest BCUT2D eigenvalue weighted by Crippen LogP contribution is 2.28. The zero-order valence-electron chi connectivity index (χ0n) is 17.6. The first-order chi connectivity index (χ1) is 15.2. The molecule has 8 heteroatoms. The first-order valence-corrected chi connectivity index (χ1v) is 10.2. The molecule has 1 aliphatic rings. The van der Waals surface area contributed by atoms with Gasteiger partial charge >= 0.3 is 6.03 Å². The Morgan fingerprint density at radius 1 is 1.00 bits per heavy atom. The van der Waals surface area contributed by atoms with Crippen LogP contribution in [0.5, 0.6) is 0 Å². The molecular weight excluding hydrogens is 433 g/mol. The molecule has 0 atom stereocenters. The second-order valence-corrected chi connectivity index (χ2v) is 7.91. The first-order valence-electron chi connectivity index (χ1n) is 9.80. The number of hydrogen-bond acceptors (Lipinski definition) is 3. The van der Waals surface area contributed by atoms with Gasteiger partial charge in [0.15, 0.2) is 0 Å². The average molecular weight is 452 g/mol. The van der Waals surface area contributed by atoms with Gasteiger partial charge in [-0.1, -0.05) is 29.8 Å². The Balaban J connectivity index is 1.78. The fourth-order valence-corrected chi connectivity index (χ4v) is 3.98. The van der Waals surface area contributed by atoms with Crippen LogP contribution in [0.25, 0.3) is 11.8 Å². The van der Waals surface area contributed by atoms with Crippen LogP contribution >= 0.6 is 11.6 Å². The second kappa shape index (κ2) is 8.09. The van der Waals surface area contributed by atoms with E-state index < -0.39 is 23.7 Å². The van der Waals surface area contributed by atoms with Crippen molar-refractivity contribution in [3.63, 3.8) is 0 Å². The quantitative estimate of drug-likeness (QED) is 0.456. The maximum Gasteiger partial charge on any atom is 0.335 e. The van der Waals surface area contributed by atoms with E-state index in [-0.39, 0.29) is 10.6 Å². The SMILES string of the molecule is Cc1ccccc1N1C(=O)NC(=O)/C(=C\c2cc(C)n(-c3ccc(F)c(Cl)c3)c2C)C1=O. The molecule has 2 heterocycles. The molecule has 0 saturated carbocycles. The zero-order valence-corrected chi connectivity index (χ0v) is 18.3. The third kappa shape index (κ3) is 3.61. The van der Waals surface area contributed by atoms with Gasteiger partial charge in [0, 0.05) is 17.1 Å². The Kier molecular flexibility index (Phi) is 5.44. The lowest BCUT2D eigenvalue weighted by Gasteiger charge is -2.27. The third-order valence-electron chi connectivity index (χ3n) is 5.39. The van der Waals surface area contributed by atoms with Gasteiger partial charge in [0.05, 0.1) is 10.7 Å². The van der Waals surface area contributed by atoms with Crippen LogP contribution in [-0.2, 0) is 9.59 Å². The molecular formula is C24H19ClFN3O3. The molecule has 1 aliphatic heterocycles. The van der Waals surface area contributed by atoms with Gasteiger partial charge in [-0.3, -0.25) is 14.9 Å². The van der Waals surface area contributed by atoms with E-state index in [0.717, 1.165) is 21.9 Å². The number of carbonyl (C=O) groups excluding carboxylic acids is 3. The minimum atomic E-state index is -0.794. The van der Waals surface area contributed by atoms with Crippen LogP contribution in [0.4, 0.5) is 14.9 Å². The van der Waals surface area contributed by atoms with Crippen molar-refractivity contribution in [3.8, 4) is 5.69 Å². The van der Waals surface area contributed by atoms with Crippen LogP contribution in [0.3, 0.4) is 0 Å². The number of urea groups is 1. The van der Waals surface area contributed by atoms with E-state index >= 15 is 0 Å². The van der Waals surface area contributed by atoms with Gasteiger partial charge in [-0.15, -0.1) is 0 Å². The van der Waals surface area contributed by atoms with Crippen LogP contribution in [0.1, 0.15) is 22.5 Å². The van der Waals surface area contributed by atoms with Gasteiger partial charge in [0.1, 0.15) is 11.4 Å². The number of amides is 4. The minimum absolute atomic E-state index is 0.0101. The number of imide groups is 2. The molecule has 0 bridgehead atoms. The Morgan fingerprint density at radius 3 is 2.41 bits per heavy atom. The smallest absolute Gasteiger partial charge is 0.318 e. The summed E-state index contributed by atoms with van der Waals surface area (Å²) in [6.45, 7) is 5.43. The van der Waals surface area contributed by atoms with Crippen LogP contribution in [0, 0.1) is 26.6 Å². The van der Waals surface area contributed by atoms with Crippen molar-refractivity contribution in [2.75, 3.05) is 4.90 Å². The first kappa shape index (κ1) is 21.5. The Morgan fingerprint density at radius 2 is 1.72 bits per heavy atom. The number of anilines is 1. The maximum atomic E-state index is 13.6. The lowest BCUT2D eigenvalue weighted by atomic mass is 10.1. The molecule has 1 fully saturated rings. The molecule has 4 rings (SSSR count). The summed E-state index contributed by atoms with van der Waals surface area (Å²) in [5, 5.41) is 2.23. The number of halogens is 2. The number of nitrogens with zero attached hydrogens (tertiary/aromatic N) is 2. The predicted octanol–water partition coefficient (Wildman–Crippen LogP) is 4.86. The van der Waals surface area contributed by atoms with Gasteiger partial charge in [-0.2, -0.15) is 0 Å². The average Bonchev–Trinajstić information content (AvgIpc) is 3.01. The normalized spacial score (nSPS) is 15.5. The standard InChI is InChI=1S/C24H19ClFN3O3/c1-13-6-4-5-7-21(13)29-23(31)18(22(30)27-24(29)32)11-16-10-14(2)28(15(16)3)17-8-9-20(26)19(25)12-17/h4-12H,1-3H3,(H,27,30,32)/b18-11+. The van der Waals surface area contributed by atoms with Crippen molar-refractivity contribution in [2.24, 2.45) is 0 Å². The van der Waals surface area contributed by atoms with Gasteiger partial charge in [-0.25, -0.2) is 14.1 Å². The van der Waals surface area contributed by atoms with E-state index in [2.05, 4.69) is 5.32 Å². The van der Waals surface area contributed by atoms with E-state index in [9.17, 15) is 18.8 Å². The lowest BCUT2D eigenvalue weighted by molar-refractivity contribution is -0.122. The van der Waals surface area contributed by atoms with Crippen LogP contribution in [0.15, 0.2) is 54.1 Å². The fourth-order valence-electron chi connectivity index (χ4n) is 3.80. The summed E-state index contributed by atoms with van der Waals surface area (Å²) < 4.78 is 15.4. The van der Waals surface area contributed by atoms with Gasteiger partial charge in [0.25, 0.3) is 11.8 Å². The van der Waals surface area contributed by atoms with Crippen LogP contribution in [0.2, 0.25) is 5.02 Å². The van der Waals surface area contributed by atoms with Crippen molar-refractivity contribution >= 4 is 41.2 Å². The van der Waals surface area contributed by atoms with E-state index in [4.69, 9.17) is 11.6 Å². The van der Waals surface area contributed by atoms with E-state index in [1.807, 2.05) is 18.4 Å². The van der Waals surface area contributed by atoms with Gasteiger partial charge < -0.3 is 4.57 Å². The topological polar surface area (TPSA) is 71.4 Å². The Hall–Kier alpha value is -3.71. The van der Waals surface area contributed by atoms with Crippen molar-refractivity contribution < 1.29 is 18.8 Å². The molecule has 162 valence electrons. The summed E-state index contributed by atoms with van der Waals surface area (Å²) >= 11 is 5.93. The molecule has 32 heavy (non-hydrogen) atoms. The molecule has 3 aromatic rings. The highest BCUT2D eigenvalue weighted by atomic mass is 35.5. The number of para-hydroxylation sites is 1. The maximum absolute atomic E-state index is 13.6. The second-order valence-electron chi connectivity index (χ2n) is 7.50. The monoisotopic (exact) mass is 451 g/mol. The van der Waals surface area contributed by atoms with Gasteiger partial charge in [0.2, 0.25) is 0 Å². The molecule has 0 unspecified atom stereocenters. The van der Waals surface area contributed by atoms with E-state index in [1.165, 1.54) is 18.2 Å². The molecule has 4 amide bonds. The number of aryl methyl sites for hydroxylation is 2. The predicted molar refractivity (Wildman–Crippen MR) is 120 cm³/mol. The molecule has 1 aromatic heterocycles. The molecule has 6 nitrogen and oxygen atoms in total. The van der Waals surface area contributed by atoms with Crippen molar-refractivity contribution in [3.05, 3.63) is 87.5 Å². The largest absolute Gasteiger partial charge is 0.335 e. The summed E-state index contributed by atoms with van der Waals surface area (Å²) in [5.41, 5.74) is 3.74. The number of nitrogens with one attached hydrogen (secondary N) is 1. The number of hydrogen-bond donors (Lipinski definition) is 1. The number of carbonyl (C=O) groups is 3. The zero-order chi connectivity index (χ0) is 23.2. The summed E-state index contributed by atoms with van der Waals surface area (Å²) in [4.78, 5) is 39.1. The number of barbiturate groups is 1. The molecule has 0 aliphatic carbocycles. The van der Waals surface area contributed by atoms with Crippen molar-refractivity contribution in [1.29, 1.82) is 0 Å². The highest BCUT2D eigenvalue weighted by Gasteiger charge is 2.37. The van der Waals surface area contributed by atoms with Crippen LogP contribution in [-0.4, -0.2) is 22.4 Å². The molecule has 0 radical (unpaired) electrons. The molecule has 2 aromatic carbocycles. The van der Waals surface area contributed by atoms with Crippen molar-refractivity contribution in [2.45, 2.75) is 20.8 Å². The number of aromatic nitrogens is 1. The minimum Gasteiger partial charge on any atom is -0.318 e. The number of benzene rings is 2. The summed E-state index contributed by atoms with van der Waals surface area (Å²) in [6.07, 6.45) is 1.46. The summed E-state index contributed by atoms with van der Waals surface area (Å²) in [5.74, 6) is -1.99. The third-order valence-corrected chi connectivity index (χ3v) is 5.68.